The molecule has 2 aromatic carbocycles. The Hall–Kier alpha value is -3.18. The highest BCUT2D eigenvalue weighted by atomic mass is 32.1. The second kappa shape index (κ2) is 11.8. The van der Waals surface area contributed by atoms with Gasteiger partial charge in [0.1, 0.15) is 12.4 Å². The van der Waals surface area contributed by atoms with Crippen molar-refractivity contribution in [2.24, 2.45) is 0 Å². The third-order valence-corrected chi connectivity index (χ3v) is 5.10. The van der Waals surface area contributed by atoms with Crippen molar-refractivity contribution < 1.29 is 27.4 Å². The van der Waals surface area contributed by atoms with Crippen molar-refractivity contribution in [3.8, 4) is 17.1 Å². The Morgan fingerprint density at radius 1 is 1.12 bits per heavy atom. The molecule has 0 fully saturated rings. The van der Waals surface area contributed by atoms with E-state index in [1.165, 1.54) is 0 Å². The molecule has 0 saturated heterocycles. The fourth-order valence-corrected chi connectivity index (χ4v) is 3.38. The SMILES string of the molecule is CCOc1ccc(-c2n[nH]c(=S)n2CCC(=O)NCc2ccc(COCC(F)(F)F)cc2)cc1. The Morgan fingerprint density at radius 3 is 2.44 bits per heavy atom. The molecule has 0 unspecified atom stereocenters. The van der Waals surface area contributed by atoms with Gasteiger partial charge >= 0.3 is 6.18 Å². The lowest BCUT2D eigenvalue weighted by molar-refractivity contribution is -0.176. The molecule has 34 heavy (non-hydrogen) atoms. The van der Waals surface area contributed by atoms with Gasteiger partial charge in [0.05, 0.1) is 13.2 Å². The number of hydrogen-bond donors (Lipinski definition) is 2. The number of nitrogens with one attached hydrogen (secondary N) is 2. The van der Waals surface area contributed by atoms with E-state index in [1.54, 1.807) is 28.8 Å². The van der Waals surface area contributed by atoms with Crippen LogP contribution in [-0.4, -0.2) is 40.1 Å². The normalized spacial score (nSPS) is 11.4. The molecule has 3 rings (SSSR count). The lowest BCUT2D eigenvalue weighted by atomic mass is 10.1. The first-order valence-electron chi connectivity index (χ1n) is 10.6. The molecule has 0 saturated carbocycles. The first kappa shape index (κ1) is 25.4. The van der Waals surface area contributed by atoms with Gasteiger partial charge in [-0.05, 0) is 54.5 Å². The molecule has 0 bridgehead atoms. The minimum atomic E-state index is -4.35. The molecule has 0 aliphatic heterocycles. The van der Waals surface area contributed by atoms with E-state index < -0.39 is 12.8 Å². The molecule has 3 aromatic rings. The average Bonchev–Trinajstić information content (AvgIpc) is 3.17. The van der Waals surface area contributed by atoms with Crippen molar-refractivity contribution in [1.29, 1.82) is 0 Å². The first-order valence-corrected chi connectivity index (χ1v) is 11.0. The minimum absolute atomic E-state index is 0.131. The average molecular weight is 495 g/mol. The first-order chi connectivity index (χ1) is 16.2. The summed E-state index contributed by atoms with van der Waals surface area (Å²) in [5.74, 6) is 1.22. The van der Waals surface area contributed by atoms with E-state index in [2.05, 4.69) is 20.3 Å². The quantitative estimate of drug-likeness (QED) is 0.375. The molecule has 0 spiro atoms. The lowest BCUT2D eigenvalue weighted by Crippen LogP contribution is -2.24. The lowest BCUT2D eigenvalue weighted by Gasteiger charge is -2.10. The highest BCUT2D eigenvalue weighted by molar-refractivity contribution is 7.71. The molecule has 1 aromatic heterocycles. The molecule has 1 heterocycles. The van der Waals surface area contributed by atoms with Crippen molar-refractivity contribution in [2.75, 3.05) is 13.2 Å². The van der Waals surface area contributed by atoms with Gasteiger partial charge in [0, 0.05) is 25.1 Å². The topological polar surface area (TPSA) is 81.2 Å². The van der Waals surface area contributed by atoms with Crippen LogP contribution in [0.15, 0.2) is 48.5 Å². The standard InChI is InChI=1S/C23H25F3N4O3S/c1-2-33-19-9-7-18(8-10-19)21-28-29-22(34)30(21)12-11-20(31)27-13-16-3-5-17(6-4-16)14-32-15-23(24,25)26/h3-10H,2,11-15H2,1H3,(H,27,31)(H,29,34). The number of rotatable bonds is 11. The number of benzene rings is 2. The zero-order valence-corrected chi connectivity index (χ0v) is 19.3. The number of aromatic amines is 1. The molecule has 0 aliphatic carbocycles. The number of hydrogen-bond acceptors (Lipinski definition) is 5. The van der Waals surface area contributed by atoms with E-state index in [-0.39, 0.29) is 18.9 Å². The van der Waals surface area contributed by atoms with Gasteiger partial charge in [0.2, 0.25) is 5.91 Å². The molecule has 182 valence electrons. The number of aromatic nitrogens is 3. The predicted octanol–water partition coefficient (Wildman–Crippen LogP) is 4.79. The van der Waals surface area contributed by atoms with Crippen molar-refractivity contribution in [3.63, 3.8) is 0 Å². The zero-order chi connectivity index (χ0) is 24.6. The van der Waals surface area contributed by atoms with E-state index in [0.717, 1.165) is 16.9 Å². The van der Waals surface area contributed by atoms with Crippen molar-refractivity contribution >= 4 is 18.1 Å². The monoisotopic (exact) mass is 494 g/mol. The van der Waals surface area contributed by atoms with Crippen LogP contribution in [0.25, 0.3) is 11.4 Å². The predicted molar refractivity (Wildman–Crippen MR) is 123 cm³/mol. The van der Waals surface area contributed by atoms with Crippen LogP contribution in [0.2, 0.25) is 0 Å². The minimum Gasteiger partial charge on any atom is -0.494 e. The summed E-state index contributed by atoms with van der Waals surface area (Å²) in [6, 6.07) is 14.3. The van der Waals surface area contributed by atoms with Crippen LogP contribution < -0.4 is 10.1 Å². The van der Waals surface area contributed by atoms with Gasteiger partial charge in [-0.15, -0.1) is 0 Å². The number of alkyl halides is 3. The van der Waals surface area contributed by atoms with Gasteiger partial charge in [0.25, 0.3) is 0 Å². The summed E-state index contributed by atoms with van der Waals surface area (Å²) >= 11 is 5.31. The van der Waals surface area contributed by atoms with Crippen LogP contribution >= 0.6 is 12.2 Å². The number of carbonyl (C=O) groups excluding carboxylic acids is 1. The molecule has 7 nitrogen and oxygen atoms in total. The van der Waals surface area contributed by atoms with Crippen molar-refractivity contribution in [3.05, 3.63) is 64.4 Å². The van der Waals surface area contributed by atoms with Gasteiger partial charge in [-0.1, -0.05) is 24.3 Å². The van der Waals surface area contributed by atoms with E-state index >= 15 is 0 Å². The Labute approximate surface area is 199 Å². The van der Waals surface area contributed by atoms with Gasteiger partial charge in [-0.25, -0.2) is 0 Å². The second-order valence-corrected chi connectivity index (χ2v) is 7.80. The maximum Gasteiger partial charge on any atom is 0.411 e. The zero-order valence-electron chi connectivity index (χ0n) is 18.5. The fourth-order valence-electron chi connectivity index (χ4n) is 3.15. The number of amides is 1. The molecular weight excluding hydrogens is 469 g/mol. The van der Waals surface area contributed by atoms with Crippen LogP contribution in [0.4, 0.5) is 13.2 Å². The number of carbonyl (C=O) groups is 1. The molecule has 0 radical (unpaired) electrons. The van der Waals surface area contributed by atoms with Gasteiger partial charge in [0.15, 0.2) is 10.6 Å². The molecule has 1 amide bonds. The summed E-state index contributed by atoms with van der Waals surface area (Å²) < 4.78 is 48.7. The molecule has 2 N–H and O–H groups in total. The van der Waals surface area contributed by atoms with Crippen molar-refractivity contribution in [2.45, 2.75) is 39.2 Å². The van der Waals surface area contributed by atoms with Crippen molar-refractivity contribution in [1.82, 2.24) is 20.1 Å². The summed E-state index contributed by atoms with van der Waals surface area (Å²) in [5, 5.41) is 9.87. The number of nitrogens with zero attached hydrogens (tertiary/aromatic N) is 2. The molecule has 0 aliphatic rings. The summed E-state index contributed by atoms with van der Waals surface area (Å²) in [7, 11) is 0. The maximum absolute atomic E-state index is 12.4. The number of halogens is 3. The largest absolute Gasteiger partial charge is 0.494 e. The molecular formula is C23H25F3N4O3S. The summed E-state index contributed by atoms with van der Waals surface area (Å²) in [6.07, 6.45) is -4.15. The van der Waals surface area contributed by atoms with Gasteiger partial charge < -0.3 is 14.8 Å². The van der Waals surface area contributed by atoms with Crippen LogP contribution in [0, 0.1) is 4.77 Å². The van der Waals surface area contributed by atoms with E-state index in [4.69, 9.17) is 17.0 Å². The van der Waals surface area contributed by atoms with Crippen LogP contribution in [0.5, 0.6) is 5.75 Å². The van der Waals surface area contributed by atoms with E-state index in [0.29, 0.717) is 35.9 Å². The Morgan fingerprint density at radius 2 is 1.79 bits per heavy atom. The highest BCUT2D eigenvalue weighted by Gasteiger charge is 2.27. The summed E-state index contributed by atoms with van der Waals surface area (Å²) in [4.78, 5) is 12.4. The molecule has 0 atom stereocenters. The third-order valence-electron chi connectivity index (χ3n) is 4.79. The van der Waals surface area contributed by atoms with Crippen LogP contribution in [0.3, 0.4) is 0 Å². The molecule has 11 heteroatoms. The van der Waals surface area contributed by atoms with Crippen LogP contribution in [-0.2, 0) is 29.2 Å². The second-order valence-electron chi connectivity index (χ2n) is 7.41. The number of ether oxygens (including phenoxy) is 2. The Bertz CT molecular complexity index is 1130. The maximum atomic E-state index is 12.4. The van der Waals surface area contributed by atoms with Gasteiger partial charge in [-0.3, -0.25) is 14.5 Å². The summed E-state index contributed by atoms with van der Waals surface area (Å²) in [5.41, 5.74) is 2.29. The van der Waals surface area contributed by atoms with Gasteiger partial charge in [-0.2, -0.15) is 18.3 Å². The smallest absolute Gasteiger partial charge is 0.411 e. The summed E-state index contributed by atoms with van der Waals surface area (Å²) in [6.45, 7) is 1.72. The fraction of sp³-hybridized carbons (Fsp3) is 0.348. The Balaban J connectivity index is 1.49. The van der Waals surface area contributed by atoms with E-state index in [9.17, 15) is 18.0 Å². The highest BCUT2D eigenvalue weighted by Crippen LogP contribution is 2.21. The van der Waals surface area contributed by atoms with E-state index in [1.807, 2.05) is 31.2 Å². The third kappa shape index (κ3) is 7.70. The Kier molecular flexibility index (Phi) is 8.83. The number of H-pyrrole nitrogens is 1. The van der Waals surface area contributed by atoms with Crippen LogP contribution in [0.1, 0.15) is 24.5 Å².